The molecule has 1 aliphatic carbocycles. The summed E-state index contributed by atoms with van der Waals surface area (Å²) in [6, 6.07) is 6.95. The fourth-order valence-corrected chi connectivity index (χ4v) is 2.64. The number of nitrogens with two attached hydrogens (primary N) is 1. The van der Waals surface area contributed by atoms with Gasteiger partial charge in [-0.05, 0) is 37.0 Å². The Labute approximate surface area is 122 Å². The van der Waals surface area contributed by atoms with Gasteiger partial charge >= 0.3 is 5.97 Å². The molecule has 21 heavy (non-hydrogen) atoms. The first-order valence-electron chi connectivity index (χ1n) is 6.98. The highest BCUT2D eigenvalue weighted by Crippen LogP contribution is 2.48. The van der Waals surface area contributed by atoms with Crippen LogP contribution in [0.4, 0.5) is 5.69 Å². The number of benzene rings is 1. The van der Waals surface area contributed by atoms with E-state index in [9.17, 15) is 14.7 Å². The van der Waals surface area contributed by atoms with Crippen LogP contribution in [0, 0.1) is 0 Å². The first-order chi connectivity index (χ1) is 9.96. The van der Waals surface area contributed by atoms with Crippen molar-refractivity contribution in [1.29, 1.82) is 0 Å². The standard InChI is InChI=1S/C15H18N2O4/c16-15(7-8-21-9-15)12(18)17-11-3-1-10(2-4-11)14(5-6-14)13(19)20/h1-4H,5-9,16H2,(H,17,18)(H,19,20). The summed E-state index contributed by atoms with van der Waals surface area (Å²) in [7, 11) is 0. The lowest BCUT2D eigenvalue weighted by Gasteiger charge is -2.20. The van der Waals surface area contributed by atoms with Gasteiger partial charge in [0.05, 0.1) is 12.0 Å². The molecule has 0 bridgehead atoms. The maximum atomic E-state index is 12.1. The molecule has 0 aromatic heterocycles. The zero-order valence-corrected chi connectivity index (χ0v) is 11.6. The third-order valence-corrected chi connectivity index (χ3v) is 4.36. The van der Waals surface area contributed by atoms with Crippen molar-refractivity contribution < 1.29 is 19.4 Å². The molecular weight excluding hydrogens is 272 g/mol. The van der Waals surface area contributed by atoms with Crippen molar-refractivity contribution in [2.24, 2.45) is 5.73 Å². The fourth-order valence-electron chi connectivity index (χ4n) is 2.64. The van der Waals surface area contributed by atoms with E-state index in [-0.39, 0.29) is 12.5 Å². The summed E-state index contributed by atoms with van der Waals surface area (Å²) in [4.78, 5) is 23.4. The van der Waals surface area contributed by atoms with Crippen molar-refractivity contribution in [3.63, 3.8) is 0 Å². The molecule has 6 heteroatoms. The van der Waals surface area contributed by atoms with Gasteiger partial charge in [-0.3, -0.25) is 9.59 Å². The molecule has 1 amide bonds. The molecule has 4 N–H and O–H groups in total. The molecule has 112 valence electrons. The normalized spacial score (nSPS) is 26.3. The Bertz CT molecular complexity index is 572. The van der Waals surface area contributed by atoms with Crippen LogP contribution in [0.1, 0.15) is 24.8 Å². The number of rotatable bonds is 4. The average molecular weight is 290 g/mol. The highest BCUT2D eigenvalue weighted by Gasteiger charge is 2.51. The third-order valence-electron chi connectivity index (χ3n) is 4.36. The van der Waals surface area contributed by atoms with Crippen LogP contribution in [-0.2, 0) is 19.7 Å². The fraction of sp³-hybridized carbons (Fsp3) is 0.467. The predicted octanol–water partition coefficient (Wildman–Crippen LogP) is 0.859. The smallest absolute Gasteiger partial charge is 0.314 e. The number of nitrogens with one attached hydrogen (secondary N) is 1. The number of carbonyl (C=O) groups excluding carboxylic acids is 1. The summed E-state index contributed by atoms with van der Waals surface area (Å²) < 4.78 is 5.17. The Morgan fingerprint density at radius 3 is 2.33 bits per heavy atom. The first kappa shape index (κ1) is 14.0. The average Bonchev–Trinajstić information content (AvgIpc) is 3.16. The Morgan fingerprint density at radius 1 is 1.19 bits per heavy atom. The molecular formula is C15H18N2O4. The molecule has 1 aliphatic heterocycles. The molecule has 2 aliphatic rings. The number of carbonyl (C=O) groups is 2. The van der Waals surface area contributed by atoms with Crippen molar-refractivity contribution in [3.05, 3.63) is 29.8 Å². The number of ether oxygens (including phenoxy) is 1. The Balaban J connectivity index is 1.70. The van der Waals surface area contributed by atoms with Crippen LogP contribution in [0.25, 0.3) is 0 Å². The van der Waals surface area contributed by atoms with Gasteiger partial charge in [0.2, 0.25) is 5.91 Å². The first-order valence-corrected chi connectivity index (χ1v) is 6.98. The quantitative estimate of drug-likeness (QED) is 0.763. The summed E-state index contributed by atoms with van der Waals surface area (Å²) >= 11 is 0. The molecule has 1 saturated carbocycles. The molecule has 1 atom stereocenters. The van der Waals surface area contributed by atoms with E-state index in [0.717, 1.165) is 5.56 Å². The molecule has 6 nitrogen and oxygen atoms in total. The molecule has 0 spiro atoms. The maximum Gasteiger partial charge on any atom is 0.314 e. The van der Waals surface area contributed by atoms with Crippen LogP contribution in [-0.4, -0.2) is 35.7 Å². The number of carboxylic acid groups (broad SMARTS) is 1. The van der Waals surface area contributed by atoms with E-state index < -0.39 is 16.9 Å². The van der Waals surface area contributed by atoms with E-state index >= 15 is 0 Å². The van der Waals surface area contributed by atoms with Gasteiger partial charge in [0.15, 0.2) is 0 Å². The second-order valence-electron chi connectivity index (χ2n) is 5.88. The van der Waals surface area contributed by atoms with Gasteiger partial charge in [0, 0.05) is 12.3 Å². The van der Waals surface area contributed by atoms with Crippen LogP contribution in [0.15, 0.2) is 24.3 Å². The van der Waals surface area contributed by atoms with Gasteiger partial charge in [-0.2, -0.15) is 0 Å². The number of amides is 1. The van der Waals surface area contributed by atoms with E-state index in [2.05, 4.69) is 5.32 Å². The van der Waals surface area contributed by atoms with Crippen molar-refractivity contribution in [2.75, 3.05) is 18.5 Å². The van der Waals surface area contributed by atoms with Crippen molar-refractivity contribution in [1.82, 2.24) is 0 Å². The zero-order valence-electron chi connectivity index (χ0n) is 11.6. The minimum Gasteiger partial charge on any atom is -0.481 e. The monoisotopic (exact) mass is 290 g/mol. The van der Waals surface area contributed by atoms with Crippen LogP contribution in [0.3, 0.4) is 0 Å². The van der Waals surface area contributed by atoms with Gasteiger partial charge in [0.25, 0.3) is 0 Å². The van der Waals surface area contributed by atoms with E-state index in [4.69, 9.17) is 10.5 Å². The van der Waals surface area contributed by atoms with E-state index in [1.807, 2.05) is 0 Å². The van der Waals surface area contributed by atoms with Crippen molar-refractivity contribution in [2.45, 2.75) is 30.2 Å². The molecule has 1 aromatic rings. The Hall–Kier alpha value is -1.92. The lowest BCUT2D eigenvalue weighted by molar-refractivity contribution is -0.140. The summed E-state index contributed by atoms with van der Waals surface area (Å²) in [6.07, 6.45) is 1.83. The van der Waals surface area contributed by atoms with Crippen molar-refractivity contribution in [3.8, 4) is 0 Å². The van der Waals surface area contributed by atoms with Gasteiger partial charge < -0.3 is 20.9 Å². The summed E-state index contributed by atoms with van der Waals surface area (Å²) in [5.74, 6) is -1.06. The number of hydrogen-bond donors (Lipinski definition) is 3. The van der Waals surface area contributed by atoms with E-state index in [1.165, 1.54) is 0 Å². The highest BCUT2D eigenvalue weighted by atomic mass is 16.5. The number of aliphatic carboxylic acids is 1. The number of carboxylic acids is 1. The van der Waals surface area contributed by atoms with Gasteiger partial charge in [-0.25, -0.2) is 0 Å². The molecule has 1 aromatic carbocycles. The summed E-state index contributed by atoms with van der Waals surface area (Å²) in [6.45, 7) is 0.711. The number of anilines is 1. The van der Waals surface area contributed by atoms with E-state index in [0.29, 0.717) is 31.6 Å². The predicted molar refractivity (Wildman–Crippen MR) is 76.0 cm³/mol. The molecule has 2 fully saturated rings. The molecule has 3 rings (SSSR count). The molecule has 1 unspecified atom stereocenters. The number of hydrogen-bond acceptors (Lipinski definition) is 4. The second kappa shape index (κ2) is 4.82. The Kier molecular flexibility index (Phi) is 3.22. The largest absolute Gasteiger partial charge is 0.481 e. The zero-order chi connectivity index (χ0) is 15.1. The Morgan fingerprint density at radius 2 is 1.86 bits per heavy atom. The summed E-state index contributed by atoms with van der Waals surface area (Å²) in [5.41, 5.74) is 5.67. The summed E-state index contributed by atoms with van der Waals surface area (Å²) in [5, 5.41) is 12.0. The molecule has 0 radical (unpaired) electrons. The van der Waals surface area contributed by atoms with Crippen LogP contribution in [0.2, 0.25) is 0 Å². The minimum atomic E-state index is -0.975. The minimum absolute atomic E-state index is 0.221. The third kappa shape index (κ3) is 2.41. The van der Waals surface area contributed by atoms with Crippen LogP contribution < -0.4 is 11.1 Å². The van der Waals surface area contributed by atoms with Crippen LogP contribution >= 0.6 is 0 Å². The second-order valence-corrected chi connectivity index (χ2v) is 5.88. The van der Waals surface area contributed by atoms with E-state index in [1.54, 1.807) is 24.3 Å². The van der Waals surface area contributed by atoms with Crippen LogP contribution in [0.5, 0.6) is 0 Å². The van der Waals surface area contributed by atoms with Gasteiger partial charge in [-0.1, -0.05) is 12.1 Å². The maximum absolute atomic E-state index is 12.1. The molecule has 1 heterocycles. The topological polar surface area (TPSA) is 102 Å². The SMILES string of the molecule is NC1(C(=O)Nc2ccc(C3(C(=O)O)CC3)cc2)CCOC1. The highest BCUT2D eigenvalue weighted by molar-refractivity contribution is 5.98. The van der Waals surface area contributed by atoms with Crippen molar-refractivity contribution >= 4 is 17.6 Å². The lowest BCUT2D eigenvalue weighted by atomic mass is 9.95. The molecule has 1 saturated heterocycles. The van der Waals surface area contributed by atoms with Gasteiger partial charge in [-0.15, -0.1) is 0 Å². The van der Waals surface area contributed by atoms with Gasteiger partial charge in [0.1, 0.15) is 5.54 Å². The lowest BCUT2D eigenvalue weighted by Crippen LogP contribution is -2.51.